The zero-order valence-electron chi connectivity index (χ0n) is 8.96. The fraction of sp³-hybridized carbons (Fsp3) is 0.750. The lowest BCUT2D eigenvalue weighted by Crippen LogP contribution is -2.37. The minimum Gasteiger partial charge on any atom is -0.296 e. The predicted octanol–water partition coefficient (Wildman–Crippen LogP) is 2.15. The number of hydrogen-bond acceptors (Lipinski definition) is 2. The van der Waals surface area contributed by atoms with Crippen molar-refractivity contribution in [1.29, 1.82) is 0 Å². The Hall–Kier alpha value is -0.630. The van der Waals surface area contributed by atoms with Gasteiger partial charge in [-0.15, -0.1) is 0 Å². The normalized spacial score (nSPS) is 27.2. The summed E-state index contributed by atoms with van der Waals surface area (Å²) in [5.41, 5.74) is 1.12. The van der Waals surface area contributed by atoms with Crippen LogP contribution in [0.4, 0.5) is 0 Å². The van der Waals surface area contributed by atoms with Crippen LogP contribution in [-0.2, 0) is 4.79 Å². The van der Waals surface area contributed by atoms with Gasteiger partial charge >= 0.3 is 0 Å². The standard InChI is InChI=1S/C12H19NO/c1-2-5-12(14)10-6-3-8-13-9-4-7-11(10)13/h6,11H,2-5,7-9H2,1H3/t11-/m0/s1. The lowest BCUT2D eigenvalue weighted by atomic mass is 9.94. The molecular weight excluding hydrogens is 174 g/mol. The second kappa shape index (κ2) is 4.26. The van der Waals surface area contributed by atoms with Crippen LogP contribution in [0.2, 0.25) is 0 Å². The van der Waals surface area contributed by atoms with Crippen LogP contribution >= 0.6 is 0 Å². The van der Waals surface area contributed by atoms with Crippen molar-refractivity contribution >= 4 is 5.78 Å². The van der Waals surface area contributed by atoms with Crippen molar-refractivity contribution in [2.45, 2.75) is 45.1 Å². The maximum atomic E-state index is 11.8. The molecule has 2 rings (SSSR count). The first-order valence-electron chi connectivity index (χ1n) is 5.80. The third-order valence-electron chi connectivity index (χ3n) is 3.30. The van der Waals surface area contributed by atoms with Gasteiger partial charge in [0, 0.05) is 24.6 Å². The van der Waals surface area contributed by atoms with Crippen molar-refractivity contribution in [2.75, 3.05) is 13.1 Å². The number of fused-ring (bicyclic) bond motifs is 1. The molecule has 78 valence electrons. The summed E-state index contributed by atoms with van der Waals surface area (Å²) in [6, 6.07) is 0.475. The molecular formula is C12H19NO. The molecule has 0 aromatic carbocycles. The summed E-state index contributed by atoms with van der Waals surface area (Å²) in [6.07, 6.45) is 7.42. The molecule has 2 nitrogen and oxygen atoms in total. The molecule has 1 saturated heterocycles. The molecule has 14 heavy (non-hydrogen) atoms. The Kier molecular flexibility index (Phi) is 3.02. The van der Waals surface area contributed by atoms with Crippen molar-refractivity contribution in [3.8, 4) is 0 Å². The number of nitrogens with zero attached hydrogens (tertiary/aromatic N) is 1. The average molecular weight is 193 g/mol. The zero-order valence-corrected chi connectivity index (χ0v) is 8.96. The molecule has 0 N–H and O–H groups in total. The van der Waals surface area contributed by atoms with E-state index in [2.05, 4.69) is 17.9 Å². The second-order valence-corrected chi connectivity index (χ2v) is 4.32. The van der Waals surface area contributed by atoms with E-state index in [-0.39, 0.29) is 0 Å². The Balaban J connectivity index is 2.09. The van der Waals surface area contributed by atoms with E-state index in [1.165, 1.54) is 19.4 Å². The molecule has 1 atom stereocenters. The topological polar surface area (TPSA) is 20.3 Å². The minimum atomic E-state index is 0.393. The van der Waals surface area contributed by atoms with Crippen LogP contribution < -0.4 is 0 Å². The van der Waals surface area contributed by atoms with E-state index in [1.807, 2.05) is 0 Å². The lowest BCUT2D eigenvalue weighted by Gasteiger charge is -2.29. The molecule has 0 bridgehead atoms. The summed E-state index contributed by atoms with van der Waals surface area (Å²) in [5.74, 6) is 0.393. The Bertz CT molecular complexity index is 257. The van der Waals surface area contributed by atoms with Crippen molar-refractivity contribution in [2.24, 2.45) is 0 Å². The smallest absolute Gasteiger partial charge is 0.160 e. The maximum Gasteiger partial charge on any atom is 0.160 e. The number of ketones is 1. The van der Waals surface area contributed by atoms with Gasteiger partial charge in [-0.2, -0.15) is 0 Å². The van der Waals surface area contributed by atoms with Crippen molar-refractivity contribution in [3.05, 3.63) is 11.6 Å². The first-order chi connectivity index (χ1) is 6.83. The Morgan fingerprint density at radius 1 is 1.57 bits per heavy atom. The van der Waals surface area contributed by atoms with Crippen LogP contribution in [0.15, 0.2) is 11.6 Å². The molecule has 2 heterocycles. The highest BCUT2D eigenvalue weighted by molar-refractivity contribution is 5.96. The second-order valence-electron chi connectivity index (χ2n) is 4.32. The first kappa shape index (κ1) is 9.91. The SMILES string of the molecule is CCCC(=O)C1=CCCN2CCC[C@@H]12. The largest absolute Gasteiger partial charge is 0.296 e. The molecule has 0 unspecified atom stereocenters. The van der Waals surface area contributed by atoms with Gasteiger partial charge in [-0.1, -0.05) is 13.0 Å². The molecule has 0 aromatic heterocycles. The van der Waals surface area contributed by atoms with E-state index in [4.69, 9.17) is 0 Å². The number of rotatable bonds is 3. The van der Waals surface area contributed by atoms with E-state index in [1.54, 1.807) is 0 Å². The van der Waals surface area contributed by atoms with Gasteiger partial charge < -0.3 is 0 Å². The maximum absolute atomic E-state index is 11.8. The predicted molar refractivity (Wildman–Crippen MR) is 57.2 cm³/mol. The van der Waals surface area contributed by atoms with Gasteiger partial charge in [0.2, 0.25) is 0 Å². The minimum absolute atomic E-state index is 0.393. The molecule has 0 radical (unpaired) electrons. The molecule has 0 spiro atoms. The highest BCUT2D eigenvalue weighted by Gasteiger charge is 2.32. The van der Waals surface area contributed by atoms with Crippen molar-refractivity contribution < 1.29 is 4.79 Å². The van der Waals surface area contributed by atoms with Crippen LogP contribution in [0.5, 0.6) is 0 Å². The molecule has 0 aromatic rings. The summed E-state index contributed by atoms with van der Waals surface area (Å²) < 4.78 is 0. The lowest BCUT2D eigenvalue weighted by molar-refractivity contribution is -0.116. The van der Waals surface area contributed by atoms with E-state index < -0.39 is 0 Å². The van der Waals surface area contributed by atoms with Gasteiger partial charge in [0.1, 0.15) is 0 Å². The monoisotopic (exact) mass is 193 g/mol. The van der Waals surface area contributed by atoms with E-state index >= 15 is 0 Å². The summed E-state index contributed by atoms with van der Waals surface area (Å²) >= 11 is 0. The van der Waals surface area contributed by atoms with E-state index in [0.29, 0.717) is 11.8 Å². The first-order valence-corrected chi connectivity index (χ1v) is 5.80. The summed E-state index contributed by atoms with van der Waals surface area (Å²) in [6.45, 7) is 4.43. The van der Waals surface area contributed by atoms with Crippen LogP contribution in [0.25, 0.3) is 0 Å². The molecule has 2 aliphatic heterocycles. The Morgan fingerprint density at radius 3 is 3.21 bits per heavy atom. The number of hydrogen-bond donors (Lipinski definition) is 0. The number of Topliss-reactive ketones (excluding diaryl/α,β-unsaturated/α-hetero) is 1. The molecule has 0 saturated carbocycles. The van der Waals surface area contributed by atoms with Crippen LogP contribution in [0.1, 0.15) is 39.0 Å². The highest BCUT2D eigenvalue weighted by atomic mass is 16.1. The fourth-order valence-electron chi connectivity index (χ4n) is 2.64. The van der Waals surface area contributed by atoms with Gasteiger partial charge in [-0.25, -0.2) is 0 Å². The molecule has 0 amide bonds. The van der Waals surface area contributed by atoms with Crippen LogP contribution in [0, 0.1) is 0 Å². The van der Waals surface area contributed by atoms with E-state index in [0.717, 1.165) is 31.4 Å². The van der Waals surface area contributed by atoms with Gasteiger partial charge in [0.05, 0.1) is 0 Å². The van der Waals surface area contributed by atoms with Gasteiger partial charge in [0.15, 0.2) is 5.78 Å². The molecule has 2 heteroatoms. The summed E-state index contributed by atoms with van der Waals surface area (Å²) in [4.78, 5) is 14.3. The van der Waals surface area contributed by atoms with Crippen LogP contribution in [0.3, 0.4) is 0 Å². The van der Waals surface area contributed by atoms with Crippen molar-refractivity contribution in [3.63, 3.8) is 0 Å². The quantitative estimate of drug-likeness (QED) is 0.684. The average Bonchev–Trinajstić information content (AvgIpc) is 2.65. The number of carbonyl (C=O) groups excluding carboxylic acids is 1. The van der Waals surface area contributed by atoms with Gasteiger partial charge in [0.25, 0.3) is 0 Å². The van der Waals surface area contributed by atoms with Gasteiger partial charge in [-0.3, -0.25) is 9.69 Å². The van der Waals surface area contributed by atoms with Crippen LogP contribution in [-0.4, -0.2) is 29.8 Å². The van der Waals surface area contributed by atoms with Gasteiger partial charge in [-0.05, 0) is 32.2 Å². The van der Waals surface area contributed by atoms with E-state index in [9.17, 15) is 4.79 Å². The summed E-state index contributed by atoms with van der Waals surface area (Å²) in [7, 11) is 0. The molecule has 2 aliphatic rings. The van der Waals surface area contributed by atoms with Crippen molar-refractivity contribution in [1.82, 2.24) is 4.90 Å². The Morgan fingerprint density at radius 2 is 2.43 bits per heavy atom. The molecule has 1 fully saturated rings. The Labute approximate surface area is 86.0 Å². The third-order valence-corrected chi connectivity index (χ3v) is 3.30. The summed E-state index contributed by atoms with van der Waals surface area (Å²) in [5, 5.41) is 0. The fourth-order valence-corrected chi connectivity index (χ4v) is 2.64. The zero-order chi connectivity index (χ0) is 9.97. The third kappa shape index (κ3) is 1.76. The highest BCUT2D eigenvalue weighted by Crippen LogP contribution is 2.28. The molecule has 0 aliphatic carbocycles. The number of carbonyl (C=O) groups is 1.